The first-order chi connectivity index (χ1) is 11.6. The Morgan fingerprint density at radius 1 is 1.00 bits per heavy atom. The number of ether oxygens (including phenoxy) is 2. The molecular formula is C17H24N2O4S. The highest BCUT2D eigenvalue weighted by Gasteiger charge is 2.26. The molecule has 0 saturated carbocycles. The van der Waals surface area contributed by atoms with Gasteiger partial charge in [0, 0.05) is 37.9 Å². The van der Waals surface area contributed by atoms with E-state index in [1.54, 1.807) is 24.4 Å². The second-order valence-corrected chi connectivity index (χ2v) is 7.04. The van der Waals surface area contributed by atoms with Gasteiger partial charge in [-0.15, -0.1) is 0 Å². The third-order valence-corrected chi connectivity index (χ3v) is 5.52. The Bertz CT molecular complexity index is 734. The van der Waals surface area contributed by atoms with E-state index in [9.17, 15) is 8.42 Å². The first-order valence-electron chi connectivity index (χ1n) is 8.10. The van der Waals surface area contributed by atoms with Gasteiger partial charge in [0.2, 0.25) is 10.0 Å². The summed E-state index contributed by atoms with van der Waals surface area (Å²) in [6.45, 7) is 6.13. The van der Waals surface area contributed by atoms with E-state index in [1.165, 1.54) is 4.31 Å². The zero-order valence-electron chi connectivity index (χ0n) is 14.1. The molecule has 2 aromatic rings. The van der Waals surface area contributed by atoms with Gasteiger partial charge in [-0.05, 0) is 26.0 Å². The molecule has 0 atom stereocenters. The topological polar surface area (TPSA) is 68.7 Å². The van der Waals surface area contributed by atoms with E-state index in [4.69, 9.17) is 9.47 Å². The molecule has 0 bridgehead atoms. The van der Waals surface area contributed by atoms with Crippen LogP contribution in [0.15, 0.2) is 41.4 Å². The lowest BCUT2D eigenvalue weighted by Gasteiger charge is -2.22. The number of para-hydroxylation sites is 1. The molecule has 0 spiro atoms. The van der Waals surface area contributed by atoms with E-state index in [0.717, 1.165) is 5.39 Å². The summed E-state index contributed by atoms with van der Waals surface area (Å²) < 4.78 is 38.3. The average Bonchev–Trinajstić information content (AvgIpc) is 2.60. The molecule has 6 nitrogen and oxygen atoms in total. The molecule has 0 unspecified atom stereocenters. The van der Waals surface area contributed by atoms with Crippen LogP contribution in [0.1, 0.15) is 13.8 Å². The van der Waals surface area contributed by atoms with Crippen LogP contribution in [0.2, 0.25) is 0 Å². The quantitative estimate of drug-likeness (QED) is 0.614. The third kappa shape index (κ3) is 4.51. The molecule has 2 rings (SSSR count). The Kier molecular flexibility index (Phi) is 7.11. The molecule has 0 fully saturated rings. The van der Waals surface area contributed by atoms with Gasteiger partial charge in [0.15, 0.2) is 0 Å². The van der Waals surface area contributed by atoms with Crippen LogP contribution in [0.25, 0.3) is 10.9 Å². The molecule has 0 amide bonds. The van der Waals surface area contributed by atoms with Crippen molar-refractivity contribution in [2.75, 3.05) is 39.5 Å². The van der Waals surface area contributed by atoms with Crippen molar-refractivity contribution in [2.24, 2.45) is 0 Å². The lowest BCUT2D eigenvalue weighted by molar-refractivity contribution is 0.110. The molecule has 0 N–H and O–H groups in total. The molecule has 1 aromatic carbocycles. The number of fused-ring (bicyclic) bond motifs is 1. The zero-order valence-corrected chi connectivity index (χ0v) is 15.0. The Labute approximate surface area is 143 Å². The fourth-order valence-electron chi connectivity index (χ4n) is 2.40. The van der Waals surface area contributed by atoms with Crippen molar-refractivity contribution in [3.8, 4) is 0 Å². The van der Waals surface area contributed by atoms with E-state index in [1.807, 2.05) is 26.0 Å². The minimum atomic E-state index is -3.68. The van der Waals surface area contributed by atoms with Gasteiger partial charge in [0.25, 0.3) is 0 Å². The van der Waals surface area contributed by atoms with Crippen LogP contribution in [0.5, 0.6) is 0 Å². The van der Waals surface area contributed by atoms with Gasteiger partial charge in [-0.1, -0.05) is 18.2 Å². The van der Waals surface area contributed by atoms with Gasteiger partial charge in [0.05, 0.1) is 18.7 Å². The van der Waals surface area contributed by atoms with Crippen LogP contribution in [0.3, 0.4) is 0 Å². The summed E-state index contributed by atoms with van der Waals surface area (Å²) in [5.74, 6) is 0. The molecule has 1 heterocycles. The lowest BCUT2D eigenvalue weighted by atomic mass is 10.2. The maximum Gasteiger partial charge on any atom is 0.245 e. The van der Waals surface area contributed by atoms with Crippen molar-refractivity contribution in [2.45, 2.75) is 18.7 Å². The second kappa shape index (κ2) is 9.08. The summed E-state index contributed by atoms with van der Waals surface area (Å²) in [6.07, 6.45) is 1.60. The standard InChI is InChI=1S/C17H24N2O4S/c1-3-22-13-11-19(12-14-23-4-2)24(20,21)16-9-5-7-15-8-6-10-18-17(15)16/h5-10H,3-4,11-14H2,1-2H3. The Morgan fingerprint density at radius 3 is 2.25 bits per heavy atom. The minimum absolute atomic E-state index is 0.216. The van der Waals surface area contributed by atoms with Crippen LogP contribution < -0.4 is 0 Å². The van der Waals surface area contributed by atoms with Gasteiger partial charge >= 0.3 is 0 Å². The monoisotopic (exact) mass is 352 g/mol. The molecule has 1 aromatic heterocycles. The van der Waals surface area contributed by atoms with Crippen LogP contribution in [-0.4, -0.2) is 57.2 Å². The lowest BCUT2D eigenvalue weighted by Crippen LogP contribution is -2.37. The summed E-state index contributed by atoms with van der Waals surface area (Å²) in [5.41, 5.74) is 0.484. The maximum absolute atomic E-state index is 13.1. The largest absolute Gasteiger partial charge is 0.380 e. The average molecular weight is 352 g/mol. The van der Waals surface area contributed by atoms with Crippen molar-refractivity contribution in [3.05, 3.63) is 36.5 Å². The third-order valence-electron chi connectivity index (χ3n) is 3.59. The molecule has 0 aliphatic heterocycles. The molecule has 132 valence electrons. The first kappa shape index (κ1) is 18.8. The van der Waals surface area contributed by atoms with Crippen molar-refractivity contribution < 1.29 is 17.9 Å². The number of nitrogens with zero attached hydrogens (tertiary/aromatic N) is 2. The minimum Gasteiger partial charge on any atom is -0.380 e. The summed E-state index contributed by atoms with van der Waals surface area (Å²) in [4.78, 5) is 4.47. The maximum atomic E-state index is 13.1. The van der Waals surface area contributed by atoms with Gasteiger partial charge in [-0.25, -0.2) is 8.42 Å². The molecule has 0 aliphatic rings. The van der Waals surface area contributed by atoms with Crippen molar-refractivity contribution in [1.29, 1.82) is 0 Å². The van der Waals surface area contributed by atoms with Gasteiger partial charge in [0.1, 0.15) is 4.90 Å². The SMILES string of the molecule is CCOCCN(CCOCC)S(=O)(=O)c1cccc2cccnc12. The Balaban J connectivity index is 2.33. The number of sulfonamides is 1. The fourth-order valence-corrected chi connectivity index (χ4v) is 3.97. The van der Waals surface area contributed by atoms with E-state index < -0.39 is 10.0 Å². The number of pyridine rings is 1. The zero-order chi connectivity index (χ0) is 17.4. The number of hydrogen-bond donors (Lipinski definition) is 0. The smallest absolute Gasteiger partial charge is 0.245 e. The van der Waals surface area contributed by atoms with Crippen molar-refractivity contribution in [3.63, 3.8) is 0 Å². The molecule has 0 saturated heterocycles. The summed E-state index contributed by atoms with van der Waals surface area (Å²) in [5, 5.41) is 0.799. The normalized spacial score (nSPS) is 12.1. The molecular weight excluding hydrogens is 328 g/mol. The molecule has 24 heavy (non-hydrogen) atoms. The summed E-state index contributed by atoms with van der Waals surface area (Å²) >= 11 is 0. The Morgan fingerprint density at radius 2 is 1.62 bits per heavy atom. The highest BCUT2D eigenvalue weighted by Crippen LogP contribution is 2.23. The molecule has 0 radical (unpaired) electrons. The number of hydrogen-bond acceptors (Lipinski definition) is 5. The first-order valence-corrected chi connectivity index (χ1v) is 9.54. The fraction of sp³-hybridized carbons (Fsp3) is 0.471. The van der Waals surface area contributed by atoms with Crippen LogP contribution in [0, 0.1) is 0 Å². The van der Waals surface area contributed by atoms with Crippen molar-refractivity contribution in [1.82, 2.24) is 9.29 Å². The predicted molar refractivity (Wildman–Crippen MR) is 93.5 cm³/mol. The van der Waals surface area contributed by atoms with Gasteiger partial charge < -0.3 is 9.47 Å². The van der Waals surface area contributed by atoms with E-state index in [-0.39, 0.29) is 18.0 Å². The Hall–Kier alpha value is -1.54. The van der Waals surface area contributed by atoms with Gasteiger partial charge in [-0.3, -0.25) is 4.98 Å². The van der Waals surface area contributed by atoms with E-state index >= 15 is 0 Å². The molecule has 0 aliphatic carbocycles. The van der Waals surface area contributed by atoms with Crippen LogP contribution in [-0.2, 0) is 19.5 Å². The highest BCUT2D eigenvalue weighted by atomic mass is 32.2. The van der Waals surface area contributed by atoms with E-state index in [2.05, 4.69) is 4.98 Å². The number of benzene rings is 1. The summed E-state index contributed by atoms with van der Waals surface area (Å²) in [6, 6.07) is 8.83. The predicted octanol–water partition coefficient (Wildman–Crippen LogP) is 2.30. The number of aromatic nitrogens is 1. The van der Waals surface area contributed by atoms with Crippen molar-refractivity contribution >= 4 is 20.9 Å². The highest BCUT2D eigenvalue weighted by molar-refractivity contribution is 7.89. The molecule has 7 heteroatoms. The summed E-state index contributed by atoms with van der Waals surface area (Å²) in [7, 11) is -3.68. The van der Waals surface area contributed by atoms with Crippen LogP contribution >= 0.6 is 0 Å². The van der Waals surface area contributed by atoms with Gasteiger partial charge in [-0.2, -0.15) is 4.31 Å². The van der Waals surface area contributed by atoms with Crippen LogP contribution in [0.4, 0.5) is 0 Å². The number of rotatable bonds is 10. The van der Waals surface area contributed by atoms with E-state index in [0.29, 0.717) is 31.9 Å². The second-order valence-electron chi connectivity index (χ2n) is 5.13.